The Hall–Kier alpha value is -1.32. The van der Waals surface area contributed by atoms with E-state index in [9.17, 15) is 22.0 Å². The van der Waals surface area contributed by atoms with Gasteiger partial charge in [-0.1, -0.05) is 0 Å². The van der Waals surface area contributed by atoms with Crippen LogP contribution in [0.3, 0.4) is 0 Å². The summed E-state index contributed by atoms with van der Waals surface area (Å²) in [5.74, 6) is 0. The topological polar surface area (TPSA) is 33.0 Å². The van der Waals surface area contributed by atoms with E-state index in [0.29, 0.717) is 0 Å². The molecule has 0 aromatic rings. The van der Waals surface area contributed by atoms with Crippen molar-refractivity contribution in [2.24, 2.45) is 0 Å². The Morgan fingerprint density at radius 2 is 1.73 bits per heavy atom. The van der Waals surface area contributed by atoms with Crippen LogP contribution in [0.2, 0.25) is 0 Å². The van der Waals surface area contributed by atoms with Crippen molar-refractivity contribution in [1.29, 1.82) is 5.26 Å². The minimum Gasteiger partial charge on any atom is -0.390 e. The maximum absolute atomic E-state index is 11.6. The Morgan fingerprint density at radius 1 is 1.27 bits per heavy atom. The van der Waals surface area contributed by atoms with Gasteiger partial charge in [0.25, 0.3) is 0 Å². The van der Waals surface area contributed by atoms with Crippen LogP contribution in [0.5, 0.6) is 0 Å². The molecule has 0 amide bonds. The summed E-state index contributed by atoms with van der Waals surface area (Å²) in [6.07, 6.45) is -7.60. The molecule has 0 spiro atoms. The second-order valence-electron chi connectivity index (χ2n) is 1.26. The number of hydrogen-bond donors (Lipinski definition) is 0. The van der Waals surface area contributed by atoms with Crippen molar-refractivity contribution in [2.75, 3.05) is 0 Å². The number of alkyl halides is 2. The highest BCUT2D eigenvalue weighted by Gasteiger charge is 2.34. The van der Waals surface area contributed by atoms with E-state index in [0.717, 1.165) is 0 Å². The molecule has 0 aromatic carbocycles. The first-order chi connectivity index (χ1) is 4.89. The molecular formula is C4F5NO. The summed E-state index contributed by atoms with van der Waals surface area (Å²) in [5, 5.41) is 7.47. The van der Waals surface area contributed by atoms with E-state index in [1.807, 2.05) is 0 Å². The average Bonchev–Trinajstić information content (AvgIpc) is 1.87. The van der Waals surface area contributed by atoms with Gasteiger partial charge in [0.2, 0.25) is 0 Å². The maximum atomic E-state index is 11.6. The van der Waals surface area contributed by atoms with E-state index in [1.165, 1.54) is 0 Å². The zero-order valence-electron chi connectivity index (χ0n) is 4.75. The van der Waals surface area contributed by atoms with Crippen LogP contribution < -0.4 is 0 Å². The zero-order valence-corrected chi connectivity index (χ0v) is 4.75. The first-order valence-electron chi connectivity index (χ1n) is 2.08. The molecule has 7 heteroatoms. The Balaban J connectivity index is 4.31. The van der Waals surface area contributed by atoms with Crippen LogP contribution in [-0.4, -0.2) is 6.11 Å². The van der Waals surface area contributed by atoms with E-state index in [1.54, 1.807) is 0 Å². The Bertz CT molecular complexity index is 213. The highest BCUT2D eigenvalue weighted by atomic mass is 19.3. The molecule has 0 aliphatic heterocycles. The molecule has 0 unspecified atom stereocenters. The normalized spacial score (nSPS) is 10.2. The molecule has 0 fully saturated rings. The van der Waals surface area contributed by atoms with Gasteiger partial charge in [0.05, 0.1) is 0 Å². The van der Waals surface area contributed by atoms with Gasteiger partial charge in [-0.05, 0) is 0 Å². The van der Waals surface area contributed by atoms with Gasteiger partial charge in [-0.15, -0.1) is 8.78 Å². The van der Waals surface area contributed by atoms with Crippen molar-refractivity contribution in [2.45, 2.75) is 6.11 Å². The van der Waals surface area contributed by atoms with Gasteiger partial charge in [0.1, 0.15) is 0 Å². The second kappa shape index (κ2) is 3.18. The van der Waals surface area contributed by atoms with Gasteiger partial charge < -0.3 is 4.74 Å². The maximum Gasteiger partial charge on any atom is 0.496 e. The minimum atomic E-state index is -4.56. The van der Waals surface area contributed by atoms with Crippen LogP contribution in [0.1, 0.15) is 0 Å². The number of hydrogen-bond acceptors (Lipinski definition) is 2. The van der Waals surface area contributed by atoms with Crippen molar-refractivity contribution in [3.63, 3.8) is 0 Å². The molecule has 0 N–H and O–H groups in total. The number of halogens is 5. The SMILES string of the molecule is N#CC(F)(F)OC(F)=C(F)F. The van der Waals surface area contributed by atoms with E-state index in [-0.39, 0.29) is 6.07 Å². The Morgan fingerprint density at radius 3 is 2.00 bits per heavy atom. The number of nitrogens with zero attached hydrogens (tertiary/aromatic N) is 1. The fourth-order valence-corrected chi connectivity index (χ4v) is 0.174. The third-order valence-electron chi connectivity index (χ3n) is 0.497. The van der Waals surface area contributed by atoms with Crippen LogP contribution in [0.25, 0.3) is 0 Å². The first-order valence-corrected chi connectivity index (χ1v) is 2.08. The molecule has 0 heterocycles. The first kappa shape index (κ1) is 9.68. The zero-order chi connectivity index (χ0) is 9.07. The number of ether oxygens (including phenoxy) is 1. The fraction of sp³-hybridized carbons (Fsp3) is 0.250. The molecule has 2 nitrogen and oxygen atoms in total. The summed E-state index contributed by atoms with van der Waals surface area (Å²) in [6.45, 7) is 0. The molecule has 0 rings (SSSR count). The molecule has 11 heavy (non-hydrogen) atoms. The molecule has 0 aromatic heterocycles. The molecule has 0 bridgehead atoms. The number of rotatable bonds is 2. The monoisotopic (exact) mass is 173 g/mol. The molecule has 0 radical (unpaired) electrons. The second-order valence-corrected chi connectivity index (χ2v) is 1.26. The third kappa shape index (κ3) is 3.40. The minimum absolute atomic E-state index is 0.164. The van der Waals surface area contributed by atoms with Gasteiger partial charge >= 0.3 is 18.2 Å². The lowest BCUT2D eigenvalue weighted by atomic mass is 10.7. The van der Waals surface area contributed by atoms with Crippen LogP contribution in [0.15, 0.2) is 12.1 Å². The van der Waals surface area contributed by atoms with Crippen molar-refractivity contribution < 1.29 is 26.7 Å². The Kier molecular flexibility index (Phi) is 2.80. The van der Waals surface area contributed by atoms with Gasteiger partial charge in [0.15, 0.2) is 6.07 Å². The van der Waals surface area contributed by atoms with Crippen LogP contribution >= 0.6 is 0 Å². The van der Waals surface area contributed by atoms with E-state index < -0.39 is 18.2 Å². The molecule has 0 saturated carbocycles. The smallest absolute Gasteiger partial charge is 0.390 e. The summed E-state index contributed by atoms with van der Waals surface area (Å²) in [4.78, 5) is 0. The molecule has 0 aliphatic rings. The van der Waals surface area contributed by atoms with E-state index >= 15 is 0 Å². The van der Waals surface area contributed by atoms with Gasteiger partial charge in [-0.25, -0.2) is 0 Å². The summed E-state index contributed by atoms with van der Waals surface area (Å²) in [6, 6.07) is -2.59. The van der Waals surface area contributed by atoms with Crippen LogP contribution in [0, 0.1) is 11.3 Å². The third-order valence-corrected chi connectivity index (χ3v) is 0.497. The van der Waals surface area contributed by atoms with Gasteiger partial charge in [0, 0.05) is 0 Å². The summed E-state index contributed by atoms with van der Waals surface area (Å²) < 4.78 is 59.3. The van der Waals surface area contributed by atoms with Crippen molar-refractivity contribution in [3.8, 4) is 6.07 Å². The quantitative estimate of drug-likeness (QED) is 0.473. The van der Waals surface area contributed by atoms with Crippen molar-refractivity contribution >= 4 is 0 Å². The summed E-state index contributed by atoms with van der Waals surface area (Å²) in [5.41, 5.74) is 0. The Labute approximate surface area is 57.5 Å². The molecular weight excluding hydrogens is 173 g/mol. The summed E-state index contributed by atoms with van der Waals surface area (Å²) >= 11 is 0. The molecule has 62 valence electrons. The molecule has 0 aliphatic carbocycles. The van der Waals surface area contributed by atoms with Crippen molar-refractivity contribution in [1.82, 2.24) is 0 Å². The summed E-state index contributed by atoms with van der Waals surface area (Å²) in [7, 11) is 0. The highest BCUT2D eigenvalue weighted by Crippen LogP contribution is 2.21. The largest absolute Gasteiger partial charge is 0.496 e. The van der Waals surface area contributed by atoms with E-state index in [4.69, 9.17) is 5.26 Å². The highest BCUT2D eigenvalue weighted by molar-refractivity contribution is 4.90. The lowest BCUT2D eigenvalue weighted by Crippen LogP contribution is -2.16. The van der Waals surface area contributed by atoms with E-state index in [2.05, 4.69) is 4.74 Å². The predicted octanol–water partition coefficient (Wildman–Crippen LogP) is 2.15. The van der Waals surface area contributed by atoms with Crippen LogP contribution in [0.4, 0.5) is 22.0 Å². The lowest BCUT2D eigenvalue weighted by molar-refractivity contribution is -0.183. The molecule has 0 atom stereocenters. The van der Waals surface area contributed by atoms with Gasteiger partial charge in [-0.2, -0.15) is 18.4 Å². The average molecular weight is 173 g/mol. The standard InChI is InChI=1S/C4F5NO/c5-2(6)3(7)11-4(8,9)1-10. The number of nitriles is 1. The predicted molar refractivity (Wildman–Crippen MR) is 22.0 cm³/mol. The van der Waals surface area contributed by atoms with Crippen LogP contribution in [-0.2, 0) is 4.74 Å². The molecule has 0 saturated heterocycles. The van der Waals surface area contributed by atoms with Gasteiger partial charge in [-0.3, -0.25) is 0 Å². The van der Waals surface area contributed by atoms with Crippen molar-refractivity contribution in [3.05, 3.63) is 12.1 Å². The lowest BCUT2D eigenvalue weighted by Gasteiger charge is -2.05. The fourth-order valence-electron chi connectivity index (χ4n) is 0.174.